The number of aliphatic hydroxyl groups excluding tert-OH is 1. The zero-order valence-electron chi connectivity index (χ0n) is 11.7. The van der Waals surface area contributed by atoms with Crippen LogP contribution in [0.4, 0.5) is 13.2 Å². The summed E-state index contributed by atoms with van der Waals surface area (Å²) in [5.41, 5.74) is -0.782. The van der Waals surface area contributed by atoms with Gasteiger partial charge in [-0.3, -0.25) is 0 Å². The fraction of sp³-hybridized carbons (Fsp3) is 0.571. The molecule has 0 bridgehead atoms. The Bertz CT molecular complexity index is 519. The molecule has 1 aromatic carbocycles. The molecule has 1 aromatic rings. The maximum atomic E-state index is 12.7. The maximum absolute atomic E-state index is 12.7. The molecule has 0 radical (unpaired) electrons. The Morgan fingerprint density at radius 2 is 1.75 bits per heavy atom. The molecule has 0 fully saturated rings. The highest BCUT2D eigenvalue weighted by Crippen LogP contribution is 2.51. The molecule has 1 heterocycles. The highest BCUT2D eigenvalue weighted by Gasteiger charge is 2.50. The number of hydrogen-bond donors (Lipinski definition) is 1. The standard InChI is InChI=1S/C14H17F3O3/c1-12(2,3)13(4)19-9-7-5-6-8(10(9)20-13)11(18)14(15,16)17/h5-7,11,18H,1-4H3/t11-,13-/m1/s1. The lowest BCUT2D eigenvalue weighted by Crippen LogP contribution is -2.47. The zero-order chi connectivity index (χ0) is 15.3. The molecule has 1 N–H and O–H groups in total. The lowest BCUT2D eigenvalue weighted by atomic mass is 9.87. The normalized spacial score (nSPS) is 23.8. The van der Waals surface area contributed by atoms with Crippen LogP contribution in [-0.2, 0) is 0 Å². The van der Waals surface area contributed by atoms with Gasteiger partial charge >= 0.3 is 6.18 Å². The number of halogens is 3. The second-order valence-electron chi connectivity index (χ2n) is 6.02. The highest BCUT2D eigenvalue weighted by atomic mass is 19.4. The van der Waals surface area contributed by atoms with Gasteiger partial charge in [0.1, 0.15) is 0 Å². The number of aliphatic hydroxyl groups is 1. The minimum Gasteiger partial charge on any atom is -0.448 e. The van der Waals surface area contributed by atoms with Gasteiger partial charge in [0.05, 0.1) is 0 Å². The van der Waals surface area contributed by atoms with Crippen molar-refractivity contribution in [1.29, 1.82) is 0 Å². The molecule has 0 unspecified atom stereocenters. The summed E-state index contributed by atoms with van der Waals surface area (Å²) >= 11 is 0. The van der Waals surface area contributed by atoms with Crippen LogP contribution in [-0.4, -0.2) is 17.1 Å². The summed E-state index contributed by atoms with van der Waals surface area (Å²) in [6.45, 7) is 7.24. The summed E-state index contributed by atoms with van der Waals surface area (Å²) in [6, 6.07) is 4.12. The molecule has 0 saturated carbocycles. The first-order chi connectivity index (χ1) is 8.96. The minimum atomic E-state index is -4.75. The first-order valence-corrected chi connectivity index (χ1v) is 6.21. The SMILES string of the molecule is CC(C)(C)[C@]1(C)Oc2cccc([C@@H](O)C(F)(F)F)c2O1. The van der Waals surface area contributed by atoms with E-state index in [1.54, 1.807) is 6.92 Å². The van der Waals surface area contributed by atoms with E-state index < -0.39 is 23.5 Å². The smallest absolute Gasteiger partial charge is 0.418 e. The quantitative estimate of drug-likeness (QED) is 0.854. The second-order valence-corrected chi connectivity index (χ2v) is 6.02. The van der Waals surface area contributed by atoms with Crippen molar-refractivity contribution in [2.75, 3.05) is 0 Å². The Morgan fingerprint density at radius 3 is 2.25 bits per heavy atom. The molecule has 0 amide bonds. The van der Waals surface area contributed by atoms with Gasteiger partial charge in [-0.2, -0.15) is 13.2 Å². The van der Waals surface area contributed by atoms with Crippen LogP contribution in [0.3, 0.4) is 0 Å². The van der Waals surface area contributed by atoms with Crippen molar-refractivity contribution in [3.05, 3.63) is 23.8 Å². The molecule has 112 valence electrons. The molecule has 1 aliphatic rings. The van der Waals surface area contributed by atoms with Crippen molar-refractivity contribution in [3.8, 4) is 11.5 Å². The average Bonchev–Trinajstić information content (AvgIpc) is 2.63. The zero-order valence-corrected chi connectivity index (χ0v) is 11.7. The summed E-state index contributed by atoms with van der Waals surface area (Å²) in [7, 11) is 0. The third kappa shape index (κ3) is 2.32. The van der Waals surface area contributed by atoms with E-state index in [1.165, 1.54) is 18.2 Å². The molecule has 6 heteroatoms. The first-order valence-electron chi connectivity index (χ1n) is 6.21. The maximum Gasteiger partial charge on any atom is 0.418 e. The van der Waals surface area contributed by atoms with Crippen LogP contribution in [0.2, 0.25) is 0 Å². The van der Waals surface area contributed by atoms with E-state index in [-0.39, 0.29) is 17.1 Å². The Labute approximate surface area is 115 Å². The largest absolute Gasteiger partial charge is 0.448 e. The predicted octanol–water partition coefficient (Wildman–Crippen LogP) is 3.82. The fourth-order valence-electron chi connectivity index (χ4n) is 1.85. The Morgan fingerprint density at radius 1 is 1.15 bits per heavy atom. The minimum absolute atomic E-state index is 0.0465. The van der Waals surface area contributed by atoms with Crippen LogP contribution in [0.15, 0.2) is 18.2 Å². The van der Waals surface area contributed by atoms with Crippen molar-refractivity contribution >= 4 is 0 Å². The van der Waals surface area contributed by atoms with Gasteiger partial charge in [-0.25, -0.2) is 0 Å². The van der Waals surface area contributed by atoms with E-state index in [0.717, 1.165) is 0 Å². The molecular weight excluding hydrogens is 273 g/mol. The summed E-state index contributed by atoms with van der Waals surface area (Å²) in [4.78, 5) is 0. The Kier molecular flexibility index (Phi) is 3.20. The average molecular weight is 290 g/mol. The molecular formula is C14H17F3O3. The molecule has 0 spiro atoms. The summed E-state index contributed by atoms with van der Waals surface area (Å²) in [5.74, 6) is -0.922. The lowest BCUT2D eigenvalue weighted by molar-refractivity contribution is -0.207. The molecule has 0 aromatic heterocycles. The number of benzene rings is 1. The molecule has 20 heavy (non-hydrogen) atoms. The van der Waals surface area contributed by atoms with Crippen molar-refractivity contribution in [2.45, 2.75) is 45.8 Å². The van der Waals surface area contributed by atoms with Gasteiger partial charge < -0.3 is 14.6 Å². The van der Waals surface area contributed by atoms with Crippen LogP contribution >= 0.6 is 0 Å². The number of para-hydroxylation sites is 1. The van der Waals surface area contributed by atoms with E-state index in [4.69, 9.17) is 9.47 Å². The van der Waals surface area contributed by atoms with E-state index in [2.05, 4.69) is 0 Å². The Balaban J connectivity index is 2.44. The van der Waals surface area contributed by atoms with E-state index in [0.29, 0.717) is 0 Å². The number of ether oxygens (including phenoxy) is 2. The van der Waals surface area contributed by atoms with E-state index in [9.17, 15) is 18.3 Å². The van der Waals surface area contributed by atoms with Gasteiger partial charge in [-0.15, -0.1) is 0 Å². The molecule has 3 nitrogen and oxygen atoms in total. The monoisotopic (exact) mass is 290 g/mol. The summed E-state index contributed by atoms with van der Waals surface area (Å²) < 4.78 is 49.3. The number of rotatable bonds is 1. The third-order valence-corrected chi connectivity index (χ3v) is 3.58. The van der Waals surface area contributed by atoms with Crippen LogP contribution < -0.4 is 9.47 Å². The van der Waals surface area contributed by atoms with Crippen LogP contribution in [0.5, 0.6) is 11.5 Å². The molecule has 1 aliphatic heterocycles. The number of alkyl halides is 3. The summed E-state index contributed by atoms with van der Waals surface area (Å²) in [6.07, 6.45) is -7.34. The van der Waals surface area contributed by atoms with E-state index in [1.807, 2.05) is 20.8 Å². The predicted molar refractivity (Wildman–Crippen MR) is 66.6 cm³/mol. The van der Waals surface area contributed by atoms with E-state index >= 15 is 0 Å². The van der Waals surface area contributed by atoms with Crippen LogP contribution in [0.1, 0.15) is 39.4 Å². The van der Waals surface area contributed by atoms with Crippen molar-refractivity contribution in [2.24, 2.45) is 5.41 Å². The first kappa shape index (κ1) is 15.0. The topological polar surface area (TPSA) is 38.7 Å². The molecule has 0 saturated heterocycles. The van der Waals surface area contributed by atoms with Crippen LogP contribution in [0, 0.1) is 5.41 Å². The fourth-order valence-corrected chi connectivity index (χ4v) is 1.85. The second kappa shape index (κ2) is 4.28. The molecule has 0 aliphatic carbocycles. The third-order valence-electron chi connectivity index (χ3n) is 3.58. The van der Waals surface area contributed by atoms with Gasteiger partial charge in [-0.1, -0.05) is 32.9 Å². The van der Waals surface area contributed by atoms with Gasteiger partial charge in [0.2, 0.25) is 0 Å². The lowest BCUT2D eigenvalue weighted by Gasteiger charge is -2.36. The molecule has 2 rings (SSSR count). The van der Waals surface area contributed by atoms with Gasteiger partial charge in [0.15, 0.2) is 17.6 Å². The number of hydrogen-bond acceptors (Lipinski definition) is 3. The van der Waals surface area contributed by atoms with Crippen molar-refractivity contribution < 1.29 is 27.8 Å². The Hall–Kier alpha value is -1.43. The summed E-state index contributed by atoms with van der Waals surface area (Å²) in [5, 5.41) is 9.43. The van der Waals surface area contributed by atoms with Crippen molar-refractivity contribution in [1.82, 2.24) is 0 Å². The number of fused-ring (bicyclic) bond motifs is 1. The highest BCUT2D eigenvalue weighted by molar-refractivity contribution is 5.50. The van der Waals surface area contributed by atoms with Gasteiger partial charge in [0, 0.05) is 17.9 Å². The van der Waals surface area contributed by atoms with Gasteiger partial charge in [-0.05, 0) is 6.07 Å². The van der Waals surface area contributed by atoms with Crippen molar-refractivity contribution in [3.63, 3.8) is 0 Å². The molecule has 2 atom stereocenters. The van der Waals surface area contributed by atoms with Gasteiger partial charge in [0.25, 0.3) is 5.79 Å². The van der Waals surface area contributed by atoms with Crippen LogP contribution in [0.25, 0.3) is 0 Å².